The van der Waals surface area contributed by atoms with Crippen LogP contribution in [0.4, 0.5) is 0 Å². The summed E-state index contributed by atoms with van der Waals surface area (Å²) in [5, 5.41) is 9.44. The van der Waals surface area contributed by atoms with E-state index in [0.717, 1.165) is 5.56 Å². The molecule has 0 fully saturated rings. The summed E-state index contributed by atoms with van der Waals surface area (Å²) in [6, 6.07) is 4.95. The van der Waals surface area contributed by atoms with Crippen molar-refractivity contribution in [1.82, 2.24) is 0 Å². The smallest absolute Gasteiger partial charge is 0.165 e. The molecule has 0 saturated carbocycles. The number of nitrogens with two attached hydrogens (primary N) is 1. The van der Waals surface area contributed by atoms with Crippen molar-refractivity contribution in [2.75, 3.05) is 14.2 Å². The standard InChI is InChI=1S/C11H17NO3.ClH/c1-7(13)10(12)8-5-4-6-9(14-2)11(8)15-3;/h4-7,10,13H,12H2,1-3H3;1H/t7-,10-;/m0./s1. The first-order chi connectivity index (χ1) is 7.11. The van der Waals surface area contributed by atoms with Crippen LogP contribution in [0.2, 0.25) is 0 Å². The van der Waals surface area contributed by atoms with E-state index < -0.39 is 12.1 Å². The summed E-state index contributed by atoms with van der Waals surface area (Å²) in [5.74, 6) is 1.19. The lowest BCUT2D eigenvalue weighted by atomic mass is 10.0. The molecule has 1 aromatic rings. The van der Waals surface area contributed by atoms with Crippen LogP contribution < -0.4 is 15.2 Å². The van der Waals surface area contributed by atoms with Gasteiger partial charge in [0.15, 0.2) is 11.5 Å². The molecule has 0 saturated heterocycles. The fourth-order valence-corrected chi connectivity index (χ4v) is 1.43. The Kier molecular flexibility index (Phi) is 6.18. The zero-order valence-corrected chi connectivity index (χ0v) is 10.5. The molecule has 0 radical (unpaired) electrons. The molecule has 0 aliphatic heterocycles. The monoisotopic (exact) mass is 247 g/mol. The van der Waals surface area contributed by atoms with E-state index in [9.17, 15) is 5.11 Å². The summed E-state index contributed by atoms with van der Waals surface area (Å²) in [6.07, 6.45) is -0.633. The molecule has 0 spiro atoms. The van der Waals surface area contributed by atoms with Gasteiger partial charge in [-0.05, 0) is 13.0 Å². The average Bonchev–Trinajstić information content (AvgIpc) is 2.26. The van der Waals surface area contributed by atoms with Crippen molar-refractivity contribution >= 4 is 12.4 Å². The summed E-state index contributed by atoms with van der Waals surface area (Å²) < 4.78 is 10.4. The van der Waals surface area contributed by atoms with Gasteiger partial charge in [-0.15, -0.1) is 12.4 Å². The second kappa shape index (κ2) is 6.58. The number of ether oxygens (including phenoxy) is 2. The number of aliphatic hydroxyl groups is 1. The van der Waals surface area contributed by atoms with Crippen LogP contribution >= 0.6 is 12.4 Å². The molecule has 0 unspecified atom stereocenters. The zero-order valence-electron chi connectivity index (χ0n) is 9.64. The van der Waals surface area contributed by atoms with Gasteiger partial charge in [0, 0.05) is 5.56 Å². The van der Waals surface area contributed by atoms with Gasteiger partial charge in [0.25, 0.3) is 0 Å². The van der Waals surface area contributed by atoms with Crippen molar-refractivity contribution in [3.8, 4) is 11.5 Å². The molecule has 0 bridgehead atoms. The molecular formula is C11H18ClNO3. The van der Waals surface area contributed by atoms with Crippen molar-refractivity contribution < 1.29 is 14.6 Å². The second-order valence-electron chi connectivity index (χ2n) is 3.35. The summed E-state index contributed by atoms with van der Waals surface area (Å²) in [7, 11) is 3.12. The third kappa shape index (κ3) is 3.01. The maximum atomic E-state index is 9.44. The Labute approximate surface area is 102 Å². The van der Waals surface area contributed by atoms with E-state index in [-0.39, 0.29) is 12.4 Å². The highest BCUT2D eigenvalue weighted by molar-refractivity contribution is 5.85. The minimum atomic E-state index is -0.633. The Morgan fingerprint density at radius 2 is 1.88 bits per heavy atom. The Bertz CT molecular complexity index is 331. The maximum Gasteiger partial charge on any atom is 0.165 e. The Balaban J connectivity index is 0.00000225. The average molecular weight is 248 g/mol. The summed E-state index contributed by atoms with van der Waals surface area (Å²) in [6.45, 7) is 1.64. The minimum absolute atomic E-state index is 0. The van der Waals surface area contributed by atoms with Crippen LogP contribution in [0.1, 0.15) is 18.5 Å². The first kappa shape index (κ1) is 15.0. The van der Waals surface area contributed by atoms with E-state index in [2.05, 4.69) is 0 Å². The summed E-state index contributed by atoms with van der Waals surface area (Å²) >= 11 is 0. The van der Waals surface area contributed by atoms with Crippen LogP contribution in [0.15, 0.2) is 18.2 Å². The maximum absolute atomic E-state index is 9.44. The first-order valence-corrected chi connectivity index (χ1v) is 4.76. The Hall–Kier alpha value is -0.970. The lowest BCUT2D eigenvalue weighted by Gasteiger charge is -2.19. The van der Waals surface area contributed by atoms with Gasteiger partial charge < -0.3 is 20.3 Å². The number of aliphatic hydroxyl groups excluding tert-OH is 1. The predicted molar refractivity (Wildman–Crippen MR) is 65.4 cm³/mol. The SMILES string of the molecule is COc1cccc([C@@H](N)[C@H](C)O)c1OC.Cl. The van der Waals surface area contributed by atoms with Gasteiger partial charge in [-0.3, -0.25) is 0 Å². The third-order valence-corrected chi connectivity index (χ3v) is 2.31. The molecule has 1 rings (SSSR count). The Morgan fingerprint density at radius 3 is 2.31 bits per heavy atom. The molecule has 5 heteroatoms. The first-order valence-electron chi connectivity index (χ1n) is 4.76. The molecule has 0 aliphatic carbocycles. The fraction of sp³-hybridized carbons (Fsp3) is 0.455. The number of hydrogen-bond donors (Lipinski definition) is 2. The van der Waals surface area contributed by atoms with Crippen LogP contribution in [0, 0.1) is 0 Å². The van der Waals surface area contributed by atoms with Gasteiger partial charge in [0.05, 0.1) is 26.4 Å². The largest absolute Gasteiger partial charge is 0.493 e. The molecule has 0 aromatic heterocycles. The van der Waals surface area contributed by atoms with E-state index >= 15 is 0 Å². The summed E-state index contributed by atoms with van der Waals surface area (Å²) in [5.41, 5.74) is 6.59. The molecule has 2 atom stereocenters. The van der Waals surface area contributed by atoms with Crippen molar-refractivity contribution in [3.63, 3.8) is 0 Å². The van der Waals surface area contributed by atoms with Crippen LogP contribution in [0.25, 0.3) is 0 Å². The number of para-hydroxylation sites is 1. The highest BCUT2D eigenvalue weighted by Gasteiger charge is 2.19. The van der Waals surface area contributed by atoms with E-state index in [1.807, 2.05) is 12.1 Å². The number of hydrogen-bond acceptors (Lipinski definition) is 4. The molecular weight excluding hydrogens is 230 g/mol. The highest BCUT2D eigenvalue weighted by Crippen LogP contribution is 2.34. The number of benzene rings is 1. The molecule has 3 N–H and O–H groups in total. The van der Waals surface area contributed by atoms with Crippen LogP contribution in [-0.4, -0.2) is 25.4 Å². The van der Waals surface area contributed by atoms with Crippen molar-refractivity contribution in [2.24, 2.45) is 5.73 Å². The number of halogens is 1. The predicted octanol–water partition coefficient (Wildman–Crippen LogP) is 1.51. The topological polar surface area (TPSA) is 64.7 Å². The van der Waals surface area contributed by atoms with Crippen molar-refractivity contribution in [2.45, 2.75) is 19.1 Å². The van der Waals surface area contributed by atoms with Crippen molar-refractivity contribution in [3.05, 3.63) is 23.8 Å². The Morgan fingerprint density at radius 1 is 1.25 bits per heavy atom. The fourth-order valence-electron chi connectivity index (χ4n) is 1.43. The van der Waals surface area contributed by atoms with Gasteiger partial charge in [0.2, 0.25) is 0 Å². The number of rotatable bonds is 4. The molecule has 0 heterocycles. The van der Waals surface area contributed by atoms with Gasteiger partial charge >= 0.3 is 0 Å². The van der Waals surface area contributed by atoms with Crippen LogP contribution in [0.3, 0.4) is 0 Å². The van der Waals surface area contributed by atoms with Crippen molar-refractivity contribution in [1.29, 1.82) is 0 Å². The van der Waals surface area contributed by atoms with Gasteiger partial charge in [-0.25, -0.2) is 0 Å². The van der Waals surface area contributed by atoms with Crippen LogP contribution in [0.5, 0.6) is 11.5 Å². The van der Waals surface area contributed by atoms with E-state index in [1.54, 1.807) is 27.2 Å². The summed E-state index contributed by atoms with van der Waals surface area (Å²) in [4.78, 5) is 0. The van der Waals surface area contributed by atoms with E-state index in [1.165, 1.54) is 0 Å². The van der Waals surface area contributed by atoms with E-state index in [0.29, 0.717) is 11.5 Å². The van der Waals surface area contributed by atoms with Gasteiger partial charge in [-0.1, -0.05) is 12.1 Å². The van der Waals surface area contributed by atoms with Gasteiger partial charge in [0.1, 0.15) is 0 Å². The van der Waals surface area contributed by atoms with E-state index in [4.69, 9.17) is 15.2 Å². The molecule has 92 valence electrons. The highest BCUT2D eigenvalue weighted by atomic mass is 35.5. The minimum Gasteiger partial charge on any atom is -0.493 e. The molecule has 4 nitrogen and oxygen atoms in total. The quantitative estimate of drug-likeness (QED) is 0.847. The third-order valence-electron chi connectivity index (χ3n) is 2.31. The molecule has 0 aliphatic rings. The normalized spacial score (nSPS) is 13.6. The number of methoxy groups -OCH3 is 2. The zero-order chi connectivity index (χ0) is 11.4. The lowest BCUT2D eigenvalue weighted by Crippen LogP contribution is -2.23. The molecule has 16 heavy (non-hydrogen) atoms. The lowest BCUT2D eigenvalue weighted by molar-refractivity contribution is 0.162. The van der Waals surface area contributed by atoms with Crippen LogP contribution in [-0.2, 0) is 0 Å². The molecule has 1 aromatic carbocycles. The second-order valence-corrected chi connectivity index (χ2v) is 3.35. The molecule has 0 amide bonds. The van der Waals surface area contributed by atoms with Gasteiger partial charge in [-0.2, -0.15) is 0 Å².